The van der Waals surface area contributed by atoms with E-state index in [0.29, 0.717) is 25.1 Å². The smallest absolute Gasteiger partial charge is 0.338 e. The second-order valence-electron chi connectivity index (χ2n) is 13.9. The van der Waals surface area contributed by atoms with Crippen LogP contribution in [0, 0.1) is 34.5 Å². The van der Waals surface area contributed by atoms with E-state index in [4.69, 9.17) is 28.4 Å². The van der Waals surface area contributed by atoms with Crippen LogP contribution in [0.25, 0.3) is 0 Å². The Morgan fingerprint density at radius 2 is 1.72 bits per heavy atom. The lowest BCUT2D eigenvalue weighted by Crippen LogP contribution is -2.81. The molecule has 1 spiro atoms. The number of aliphatic hydroxyl groups excluding tert-OH is 2. The molecule has 5 aliphatic carbocycles. The second-order valence-corrected chi connectivity index (χ2v) is 13.9. The number of hydrogen-bond donors (Lipinski definition) is 3. The summed E-state index contributed by atoms with van der Waals surface area (Å²) in [4.78, 5) is 15.9. The third-order valence-corrected chi connectivity index (χ3v) is 12.9. The topological polar surface area (TPSA) is 136 Å². The van der Waals surface area contributed by atoms with E-state index in [9.17, 15) is 20.1 Å². The van der Waals surface area contributed by atoms with Crippen molar-refractivity contribution in [3.63, 3.8) is 0 Å². The molecule has 0 aromatic heterocycles. The summed E-state index contributed by atoms with van der Waals surface area (Å²) < 4.78 is 37.4. The number of ether oxygens (including phenoxy) is 6. The molecule has 11 heteroatoms. The number of fused-ring (bicyclic) bond motifs is 2. The second kappa shape index (κ2) is 9.91. The standard InChI is InChI=1S/C32H45NO10/c1-33-14-29(15-38-2)18(34)12-19(39-3)31-17-13-30(37)26(43-28(36)16-10-8-7-9-11-16)20(17)32(42-6,25(35)27(30)41-5)21(24(31)33)22(40-4)23(29)31/h7-11,17-27,34-35,37H,12-15H2,1-6H3/t17-,18-,19+,20-,21+,22+,23-,24?,25+,26-,27+,29+,30-,31+,32-/m1/s1. The fourth-order valence-electron chi connectivity index (χ4n) is 12.1. The molecule has 43 heavy (non-hydrogen) atoms. The molecule has 5 saturated carbocycles. The van der Waals surface area contributed by atoms with Crippen molar-refractivity contribution in [1.29, 1.82) is 0 Å². The van der Waals surface area contributed by atoms with Gasteiger partial charge in [0.25, 0.3) is 0 Å². The van der Waals surface area contributed by atoms with Crippen LogP contribution in [0.2, 0.25) is 0 Å². The van der Waals surface area contributed by atoms with E-state index in [1.54, 1.807) is 52.7 Å². The largest absolute Gasteiger partial charge is 0.455 e. The predicted octanol–water partition coefficient (Wildman–Crippen LogP) is 0.341. The summed E-state index contributed by atoms with van der Waals surface area (Å²) in [5.41, 5.74) is -4.01. The number of rotatable bonds is 8. The number of likely N-dealkylation sites (tertiary alicyclic amines) is 1. The van der Waals surface area contributed by atoms with Crippen LogP contribution in [-0.4, -0.2) is 136 Å². The fourth-order valence-corrected chi connectivity index (χ4v) is 12.1. The normalized spacial score (nSPS) is 52.7. The van der Waals surface area contributed by atoms with Crippen molar-refractivity contribution in [2.75, 3.05) is 55.7 Å². The number of aliphatic hydroxyl groups is 3. The molecule has 7 bridgehead atoms. The maximum Gasteiger partial charge on any atom is 0.338 e. The van der Waals surface area contributed by atoms with Crippen molar-refractivity contribution >= 4 is 5.97 Å². The molecule has 0 radical (unpaired) electrons. The van der Waals surface area contributed by atoms with Crippen LogP contribution in [-0.2, 0) is 28.4 Å². The first-order chi connectivity index (χ1) is 20.6. The van der Waals surface area contributed by atoms with E-state index in [-0.39, 0.29) is 24.3 Å². The molecule has 7 rings (SSSR count). The lowest BCUT2D eigenvalue weighted by molar-refractivity contribution is -0.324. The molecule has 11 nitrogen and oxygen atoms in total. The van der Waals surface area contributed by atoms with Gasteiger partial charge in [-0.05, 0) is 31.5 Å². The van der Waals surface area contributed by atoms with Crippen molar-refractivity contribution in [2.24, 2.45) is 34.5 Å². The van der Waals surface area contributed by atoms with Crippen LogP contribution in [0.5, 0.6) is 0 Å². The highest BCUT2D eigenvalue weighted by atomic mass is 16.6. The number of carbonyl (C=O) groups is 1. The number of esters is 1. The molecular formula is C32H45NO10. The van der Waals surface area contributed by atoms with E-state index in [0.717, 1.165) is 0 Å². The zero-order valence-corrected chi connectivity index (χ0v) is 25.7. The Balaban J connectivity index is 1.49. The van der Waals surface area contributed by atoms with E-state index in [2.05, 4.69) is 4.90 Å². The third kappa shape index (κ3) is 3.24. The molecule has 15 atom stereocenters. The first-order valence-corrected chi connectivity index (χ1v) is 15.3. The Bertz CT molecular complexity index is 1250. The Kier molecular flexibility index (Phi) is 6.92. The number of methoxy groups -OCH3 is 5. The maximum atomic E-state index is 13.6. The molecule has 1 aromatic carbocycles. The average Bonchev–Trinajstić information content (AvgIpc) is 3.38. The summed E-state index contributed by atoms with van der Waals surface area (Å²) in [5, 5.41) is 36.9. The third-order valence-electron chi connectivity index (χ3n) is 12.9. The fraction of sp³-hybridized carbons (Fsp3) is 0.781. The molecule has 3 N–H and O–H groups in total. The lowest BCUT2D eigenvalue weighted by Gasteiger charge is -2.70. The van der Waals surface area contributed by atoms with E-state index in [1.807, 2.05) is 13.1 Å². The Labute approximate surface area is 252 Å². The zero-order valence-electron chi connectivity index (χ0n) is 25.7. The molecule has 1 aliphatic heterocycles. The van der Waals surface area contributed by atoms with Crippen LogP contribution in [0.1, 0.15) is 23.2 Å². The maximum absolute atomic E-state index is 13.6. The lowest BCUT2D eigenvalue weighted by atomic mass is 9.42. The highest BCUT2D eigenvalue weighted by molar-refractivity contribution is 5.89. The molecule has 1 saturated heterocycles. The van der Waals surface area contributed by atoms with Gasteiger partial charge in [0.15, 0.2) is 0 Å². The summed E-state index contributed by atoms with van der Waals surface area (Å²) in [6.45, 7) is 0.863. The molecule has 1 aromatic rings. The summed E-state index contributed by atoms with van der Waals surface area (Å²) in [6, 6.07) is 8.51. The van der Waals surface area contributed by atoms with Crippen molar-refractivity contribution in [1.82, 2.24) is 4.90 Å². The average molecular weight is 604 g/mol. The summed E-state index contributed by atoms with van der Waals surface area (Å²) in [6.07, 6.45) is -4.43. The van der Waals surface area contributed by atoms with Gasteiger partial charge in [-0.2, -0.15) is 0 Å². The molecule has 1 heterocycles. The molecule has 0 amide bonds. The molecular weight excluding hydrogens is 558 g/mol. The number of carbonyl (C=O) groups excluding carboxylic acids is 1. The van der Waals surface area contributed by atoms with Gasteiger partial charge in [0, 0.05) is 83.1 Å². The van der Waals surface area contributed by atoms with Gasteiger partial charge in [0.1, 0.15) is 29.5 Å². The van der Waals surface area contributed by atoms with Crippen LogP contribution < -0.4 is 0 Å². The Morgan fingerprint density at radius 3 is 2.33 bits per heavy atom. The number of piperidine rings is 1. The van der Waals surface area contributed by atoms with Gasteiger partial charge in [-0.3, -0.25) is 0 Å². The molecule has 238 valence electrons. The first kappa shape index (κ1) is 30.0. The number of hydrogen-bond acceptors (Lipinski definition) is 11. The number of benzene rings is 1. The van der Waals surface area contributed by atoms with Crippen molar-refractivity contribution in [3.8, 4) is 0 Å². The van der Waals surface area contributed by atoms with Crippen LogP contribution in [0.3, 0.4) is 0 Å². The SMILES string of the molecule is COC[C@]12CN(C)C3[C@@H]4[C@H](OC)[C@H]1[C@@]3([C@@H](OC)C[C@H]2O)[C@@H]1C[C@@]2(O)[C@H](OC(=O)c3ccccc3)[C@@H]1[C@]4(OC)[C@@H](O)[C@@H]2OC. The minimum atomic E-state index is -1.71. The zero-order chi connectivity index (χ0) is 30.7. The molecule has 6 aliphatic rings. The quantitative estimate of drug-likeness (QED) is 0.355. The van der Waals surface area contributed by atoms with Crippen LogP contribution >= 0.6 is 0 Å². The van der Waals surface area contributed by atoms with Gasteiger partial charge >= 0.3 is 5.97 Å². The Morgan fingerprint density at radius 1 is 1.00 bits per heavy atom. The van der Waals surface area contributed by atoms with Crippen LogP contribution in [0.15, 0.2) is 30.3 Å². The van der Waals surface area contributed by atoms with Crippen molar-refractivity contribution in [3.05, 3.63) is 35.9 Å². The van der Waals surface area contributed by atoms with Crippen LogP contribution in [0.4, 0.5) is 0 Å². The van der Waals surface area contributed by atoms with E-state index >= 15 is 0 Å². The van der Waals surface area contributed by atoms with Crippen molar-refractivity contribution in [2.45, 2.75) is 66.7 Å². The monoisotopic (exact) mass is 603 g/mol. The van der Waals surface area contributed by atoms with Gasteiger partial charge in [-0.25, -0.2) is 4.79 Å². The van der Waals surface area contributed by atoms with Gasteiger partial charge < -0.3 is 48.6 Å². The summed E-state index contributed by atoms with van der Waals surface area (Å²) >= 11 is 0. The number of nitrogens with zero attached hydrogens (tertiary/aromatic N) is 1. The minimum absolute atomic E-state index is 0.189. The van der Waals surface area contributed by atoms with Gasteiger partial charge in [0.05, 0.1) is 30.5 Å². The first-order valence-electron chi connectivity index (χ1n) is 15.3. The Hall–Kier alpha value is -1.67. The highest BCUT2D eigenvalue weighted by Crippen LogP contribution is 2.80. The summed E-state index contributed by atoms with van der Waals surface area (Å²) in [5.74, 6) is -2.21. The van der Waals surface area contributed by atoms with Gasteiger partial charge in [-0.1, -0.05) is 18.2 Å². The highest BCUT2D eigenvalue weighted by Gasteiger charge is 2.91. The predicted molar refractivity (Wildman–Crippen MR) is 151 cm³/mol. The summed E-state index contributed by atoms with van der Waals surface area (Å²) in [7, 11) is 10.1. The molecule has 6 fully saturated rings. The van der Waals surface area contributed by atoms with Crippen molar-refractivity contribution < 1.29 is 48.5 Å². The molecule has 1 unspecified atom stereocenters. The van der Waals surface area contributed by atoms with E-state index in [1.165, 1.54) is 7.11 Å². The van der Waals surface area contributed by atoms with Gasteiger partial charge in [0.2, 0.25) is 0 Å². The minimum Gasteiger partial charge on any atom is -0.455 e. The van der Waals surface area contributed by atoms with E-state index < -0.39 is 76.5 Å². The van der Waals surface area contributed by atoms with Gasteiger partial charge in [-0.15, -0.1) is 0 Å².